The van der Waals surface area contributed by atoms with E-state index in [4.69, 9.17) is 11.5 Å². The predicted octanol–water partition coefficient (Wildman–Crippen LogP) is -0.716. The van der Waals surface area contributed by atoms with E-state index in [9.17, 15) is 4.79 Å². The van der Waals surface area contributed by atoms with Crippen LogP contribution in [-0.4, -0.2) is 25.9 Å². The Morgan fingerprint density at radius 1 is 1.41 bits per heavy atom. The van der Waals surface area contributed by atoms with Gasteiger partial charge in [-0.3, -0.25) is 9.78 Å². The molecule has 2 aromatic heterocycles. The average Bonchev–Trinajstić information content (AvgIpc) is 2.77. The van der Waals surface area contributed by atoms with Gasteiger partial charge in [-0.2, -0.15) is 0 Å². The quantitative estimate of drug-likeness (QED) is 0.722. The number of nitrogens with two attached hydrogens (primary N) is 2. The molecular weight excluding hydrogens is 220 g/mol. The minimum Gasteiger partial charge on any atom is -0.368 e. The standard InChI is InChI=1S/C10H12N6O/c11-3-8-2-1-7(4-13-8)9-5-16(15-14-9)6-10(12)17/h1-2,4-5H,3,6,11H2,(H2,12,17). The van der Waals surface area contributed by atoms with Crippen LogP contribution >= 0.6 is 0 Å². The van der Waals surface area contributed by atoms with E-state index in [1.807, 2.05) is 12.1 Å². The van der Waals surface area contributed by atoms with Crippen LogP contribution in [0.1, 0.15) is 5.69 Å². The van der Waals surface area contributed by atoms with E-state index in [2.05, 4.69) is 15.3 Å². The number of nitrogens with zero attached hydrogens (tertiary/aromatic N) is 4. The first-order valence-electron chi connectivity index (χ1n) is 5.03. The van der Waals surface area contributed by atoms with E-state index in [0.29, 0.717) is 12.2 Å². The van der Waals surface area contributed by atoms with Crippen molar-refractivity contribution >= 4 is 5.91 Å². The summed E-state index contributed by atoms with van der Waals surface area (Å²) in [4.78, 5) is 14.9. The summed E-state index contributed by atoms with van der Waals surface area (Å²) < 4.78 is 1.38. The fourth-order valence-electron chi connectivity index (χ4n) is 1.36. The van der Waals surface area contributed by atoms with Gasteiger partial charge in [0.25, 0.3) is 0 Å². The van der Waals surface area contributed by atoms with Crippen molar-refractivity contribution in [3.63, 3.8) is 0 Å². The number of pyridine rings is 1. The highest BCUT2D eigenvalue weighted by atomic mass is 16.1. The topological polar surface area (TPSA) is 113 Å². The maximum atomic E-state index is 10.7. The lowest BCUT2D eigenvalue weighted by Gasteiger charge is -1.97. The third kappa shape index (κ3) is 2.64. The van der Waals surface area contributed by atoms with Gasteiger partial charge < -0.3 is 11.5 Å². The van der Waals surface area contributed by atoms with Gasteiger partial charge in [0.2, 0.25) is 5.91 Å². The zero-order chi connectivity index (χ0) is 12.3. The van der Waals surface area contributed by atoms with Gasteiger partial charge in [-0.05, 0) is 12.1 Å². The Hall–Kier alpha value is -2.28. The first kappa shape index (κ1) is 11.2. The van der Waals surface area contributed by atoms with E-state index >= 15 is 0 Å². The lowest BCUT2D eigenvalue weighted by Crippen LogP contribution is -2.18. The summed E-state index contributed by atoms with van der Waals surface area (Å²) in [6.45, 7) is 0.413. The molecule has 2 heterocycles. The molecule has 17 heavy (non-hydrogen) atoms. The molecule has 0 aliphatic heterocycles. The molecule has 0 spiro atoms. The van der Waals surface area contributed by atoms with Gasteiger partial charge in [-0.1, -0.05) is 5.21 Å². The number of hydrogen-bond acceptors (Lipinski definition) is 5. The number of hydrogen-bond donors (Lipinski definition) is 2. The first-order valence-corrected chi connectivity index (χ1v) is 5.03. The third-order valence-corrected chi connectivity index (χ3v) is 2.19. The summed E-state index contributed by atoms with van der Waals surface area (Å²) in [6, 6.07) is 3.68. The highest BCUT2D eigenvalue weighted by Crippen LogP contribution is 2.14. The highest BCUT2D eigenvalue weighted by Gasteiger charge is 2.05. The smallest absolute Gasteiger partial charge is 0.239 e. The number of carbonyl (C=O) groups is 1. The van der Waals surface area contributed by atoms with Crippen molar-refractivity contribution in [2.75, 3.05) is 0 Å². The van der Waals surface area contributed by atoms with Crippen molar-refractivity contribution in [3.05, 3.63) is 30.2 Å². The van der Waals surface area contributed by atoms with Crippen molar-refractivity contribution in [3.8, 4) is 11.3 Å². The van der Waals surface area contributed by atoms with Crippen LogP contribution in [0.15, 0.2) is 24.5 Å². The van der Waals surface area contributed by atoms with Gasteiger partial charge in [0.05, 0.1) is 11.9 Å². The molecule has 0 saturated heterocycles. The Morgan fingerprint density at radius 2 is 2.24 bits per heavy atom. The van der Waals surface area contributed by atoms with Crippen LogP contribution in [0.5, 0.6) is 0 Å². The van der Waals surface area contributed by atoms with Crippen molar-refractivity contribution in [2.45, 2.75) is 13.1 Å². The molecule has 1 amide bonds. The molecule has 2 rings (SSSR count). The third-order valence-electron chi connectivity index (χ3n) is 2.19. The SMILES string of the molecule is NCc1ccc(-c2cn(CC(N)=O)nn2)cn1. The fraction of sp³-hybridized carbons (Fsp3) is 0.200. The van der Waals surface area contributed by atoms with Gasteiger partial charge >= 0.3 is 0 Å². The van der Waals surface area contributed by atoms with E-state index in [1.54, 1.807) is 12.4 Å². The van der Waals surface area contributed by atoms with Gasteiger partial charge in [0.1, 0.15) is 12.2 Å². The van der Waals surface area contributed by atoms with Crippen LogP contribution in [0.3, 0.4) is 0 Å². The Kier molecular flexibility index (Phi) is 3.10. The van der Waals surface area contributed by atoms with E-state index in [-0.39, 0.29) is 6.54 Å². The largest absolute Gasteiger partial charge is 0.368 e. The second kappa shape index (κ2) is 4.71. The molecule has 88 valence electrons. The lowest BCUT2D eigenvalue weighted by atomic mass is 10.2. The fourth-order valence-corrected chi connectivity index (χ4v) is 1.36. The molecule has 0 aromatic carbocycles. The Bertz CT molecular complexity index is 518. The van der Waals surface area contributed by atoms with Crippen LogP contribution in [0.2, 0.25) is 0 Å². The molecule has 0 bridgehead atoms. The van der Waals surface area contributed by atoms with E-state index in [1.165, 1.54) is 4.68 Å². The summed E-state index contributed by atoms with van der Waals surface area (Å²) >= 11 is 0. The van der Waals surface area contributed by atoms with E-state index < -0.39 is 5.91 Å². The molecule has 0 aliphatic carbocycles. The molecule has 0 aliphatic rings. The molecule has 2 aromatic rings. The van der Waals surface area contributed by atoms with E-state index in [0.717, 1.165) is 11.3 Å². The summed E-state index contributed by atoms with van der Waals surface area (Å²) in [5.74, 6) is -0.460. The Balaban J connectivity index is 2.21. The molecule has 0 atom stereocenters. The monoisotopic (exact) mass is 232 g/mol. The van der Waals surface area contributed by atoms with Crippen LogP contribution in [0.4, 0.5) is 0 Å². The summed E-state index contributed by atoms with van der Waals surface area (Å²) in [5.41, 5.74) is 12.8. The second-order valence-electron chi connectivity index (χ2n) is 3.51. The number of amides is 1. The zero-order valence-electron chi connectivity index (χ0n) is 9.08. The van der Waals surface area contributed by atoms with Crippen molar-refractivity contribution in [1.82, 2.24) is 20.0 Å². The van der Waals surface area contributed by atoms with Gasteiger partial charge in [-0.15, -0.1) is 5.10 Å². The summed E-state index contributed by atoms with van der Waals surface area (Å²) in [7, 11) is 0. The zero-order valence-corrected chi connectivity index (χ0v) is 9.08. The molecule has 0 radical (unpaired) electrons. The number of primary amides is 1. The minimum atomic E-state index is -0.460. The summed E-state index contributed by atoms with van der Waals surface area (Å²) in [5, 5.41) is 7.72. The molecule has 7 nitrogen and oxygen atoms in total. The maximum Gasteiger partial charge on any atom is 0.239 e. The average molecular weight is 232 g/mol. The van der Waals surface area contributed by atoms with Gasteiger partial charge in [0.15, 0.2) is 0 Å². The molecule has 4 N–H and O–H groups in total. The van der Waals surface area contributed by atoms with Crippen LogP contribution < -0.4 is 11.5 Å². The minimum absolute atomic E-state index is 0.0152. The second-order valence-corrected chi connectivity index (χ2v) is 3.51. The normalized spacial score (nSPS) is 10.4. The number of carbonyl (C=O) groups excluding carboxylic acids is 1. The van der Waals surface area contributed by atoms with Crippen molar-refractivity contribution in [1.29, 1.82) is 0 Å². The van der Waals surface area contributed by atoms with Gasteiger partial charge in [-0.25, -0.2) is 4.68 Å². The lowest BCUT2D eigenvalue weighted by molar-refractivity contribution is -0.118. The number of aromatic nitrogens is 4. The molecular formula is C10H12N6O. The first-order chi connectivity index (χ1) is 8.19. The van der Waals surface area contributed by atoms with Crippen LogP contribution in [0.25, 0.3) is 11.3 Å². The maximum absolute atomic E-state index is 10.7. The highest BCUT2D eigenvalue weighted by molar-refractivity contribution is 5.73. The molecule has 0 fully saturated rings. The molecule has 0 saturated carbocycles. The van der Waals surface area contributed by atoms with Crippen LogP contribution in [0, 0.1) is 0 Å². The summed E-state index contributed by atoms with van der Waals surface area (Å²) in [6.07, 6.45) is 3.31. The Labute approximate surface area is 97.4 Å². The predicted molar refractivity (Wildman–Crippen MR) is 60.3 cm³/mol. The Morgan fingerprint density at radius 3 is 2.82 bits per heavy atom. The van der Waals surface area contributed by atoms with Gasteiger partial charge in [0, 0.05) is 18.3 Å². The van der Waals surface area contributed by atoms with Crippen LogP contribution in [-0.2, 0) is 17.9 Å². The molecule has 0 unspecified atom stereocenters. The van der Waals surface area contributed by atoms with Crippen molar-refractivity contribution in [2.24, 2.45) is 11.5 Å². The van der Waals surface area contributed by atoms with Crippen molar-refractivity contribution < 1.29 is 4.79 Å². The molecule has 7 heteroatoms. The number of rotatable bonds is 4.